The Morgan fingerprint density at radius 3 is 2.10 bits per heavy atom. The monoisotopic (exact) mass is 428 g/mol. The molecule has 1 N–H and O–H groups in total. The van der Waals surface area contributed by atoms with Crippen LogP contribution in [0.4, 0.5) is 5.69 Å². The number of aliphatic imine (C=N–C) groups is 1. The summed E-state index contributed by atoms with van der Waals surface area (Å²) in [6.07, 6.45) is 1.46. The second-order valence-corrected chi connectivity index (χ2v) is 8.65. The lowest BCUT2D eigenvalue weighted by Crippen LogP contribution is -2.33. The van der Waals surface area contributed by atoms with Crippen LogP contribution in [0.25, 0.3) is 0 Å². The van der Waals surface area contributed by atoms with Crippen molar-refractivity contribution in [1.82, 2.24) is 14.6 Å². The third kappa shape index (κ3) is 5.48. The van der Waals surface area contributed by atoms with E-state index >= 15 is 0 Å². The van der Waals surface area contributed by atoms with E-state index in [0.717, 1.165) is 11.1 Å². The smallest absolute Gasteiger partial charge is 0.244 e. The van der Waals surface area contributed by atoms with Gasteiger partial charge in [0.15, 0.2) is 0 Å². The minimum atomic E-state index is -3.83. The molecule has 1 heterocycles. The highest BCUT2D eigenvalue weighted by Gasteiger charge is 2.20. The number of aromatic nitrogens is 1. The summed E-state index contributed by atoms with van der Waals surface area (Å²) in [5.74, 6) is 0. The lowest BCUT2D eigenvalue weighted by Gasteiger charge is -2.13. The molecule has 0 aliphatic carbocycles. The molecule has 0 amide bonds. The average Bonchev–Trinajstić information content (AvgIpc) is 2.73. The summed E-state index contributed by atoms with van der Waals surface area (Å²) in [7, 11) is -0.311. The minimum absolute atomic E-state index is 0.101. The van der Waals surface area contributed by atoms with Crippen LogP contribution in [0.15, 0.2) is 82.8 Å². The molecule has 3 rings (SSSR count). The van der Waals surface area contributed by atoms with E-state index in [2.05, 4.69) is 9.71 Å². The fourth-order valence-electron chi connectivity index (χ4n) is 2.58. The van der Waals surface area contributed by atoms with E-state index in [0.29, 0.717) is 11.4 Å². The summed E-state index contributed by atoms with van der Waals surface area (Å²) < 4.78 is 27.7. The summed E-state index contributed by atoms with van der Waals surface area (Å²) in [4.78, 5) is 10.3. The quantitative estimate of drug-likeness (QED) is 0.353. The standard InChI is InChI=1S/C21H21ClN4O2S/c1-26(2)15-24-29(27,28)19-13-18(14-23-21(19)22)25-20(16-9-5-3-6-10-16)17-11-7-4-8-12-17/h3-14,24H,15H2,1-2H3. The van der Waals surface area contributed by atoms with Crippen LogP contribution in [0.3, 0.4) is 0 Å². The molecule has 3 aromatic rings. The fourth-order valence-corrected chi connectivity index (χ4v) is 4.12. The van der Waals surface area contributed by atoms with Gasteiger partial charge in [-0.05, 0) is 20.2 Å². The number of hydrogen-bond acceptors (Lipinski definition) is 5. The molecule has 0 atom stereocenters. The summed E-state index contributed by atoms with van der Waals surface area (Å²) in [5, 5.41) is -0.101. The molecule has 150 valence electrons. The molecule has 29 heavy (non-hydrogen) atoms. The van der Waals surface area contributed by atoms with Gasteiger partial charge in [0.25, 0.3) is 0 Å². The Hall–Kier alpha value is -2.58. The van der Waals surface area contributed by atoms with E-state index in [4.69, 9.17) is 16.6 Å². The summed E-state index contributed by atoms with van der Waals surface area (Å²) >= 11 is 6.07. The van der Waals surface area contributed by atoms with Gasteiger partial charge in [-0.1, -0.05) is 72.3 Å². The van der Waals surface area contributed by atoms with Crippen LogP contribution < -0.4 is 4.72 Å². The van der Waals surface area contributed by atoms with Crippen molar-refractivity contribution in [3.8, 4) is 0 Å². The molecule has 1 aromatic heterocycles. The summed E-state index contributed by atoms with van der Waals surface area (Å²) in [6, 6.07) is 20.8. The van der Waals surface area contributed by atoms with Crippen molar-refractivity contribution in [2.75, 3.05) is 20.8 Å². The largest absolute Gasteiger partial charge is 0.296 e. The van der Waals surface area contributed by atoms with Crippen molar-refractivity contribution in [2.45, 2.75) is 4.90 Å². The number of halogens is 1. The van der Waals surface area contributed by atoms with Crippen molar-refractivity contribution in [3.05, 3.63) is 89.2 Å². The van der Waals surface area contributed by atoms with Gasteiger partial charge < -0.3 is 0 Å². The Morgan fingerprint density at radius 1 is 1.03 bits per heavy atom. The van der Waals surface area contributed by atoms with Gasteiger partial charge in [-0.2, -0.15) is 4.72 Å². The molecule has 0 radical (unpaired) electrons. The first-order chi connectivity index (χ1) is 13.9. The Balaban J connectivity index is 2.07. The zero-order valence-corrected chi connectivity index (χ0v) is 17.7. The van der Waals surface area contributed by atoms with Gasteiger partial charge in [0.05, 0.1) is 24.3 Å². The molecule has 0 aliphatic heterocycles. The molecule has 0 bridgehead atoms. The molecule has 8 heteroatoms. The highest BCUT2D eigenvalue weighted by atomic mass is 35.5. The van der Waals surface area contributed by atoms with E-state index in [9.17, 15) is 8.42 Å². The van der Waals surface area contributed by atoms with E-state index in [1.54, 1.807) is 19.0 Å². The zero-order chi connectivity index (χ0) is 20.9. The maximum absolute atomic E-state index is 12.6. The molecular formula is C21H21ClN4O2S. The number of benzene rings is 2. The molecule has 0 spiro atoms. The zero-order valence-electron chi connectivity index (χ0n) is 16.1. The Labute approximate surface area is 175 Å². The first-order valence-corrected chi connectivity index (χ1v) is 10.7. The third-order valence-corrected chi connectivity index (χ3v) is 5.80. The maximum atomic E-state index is 12.6. The second-order valence-electron chi connectivity index (χ2n) is 6.56. The van der Waals surface area contributed by atoms with Crippen molar-refractivity contribution in [2.24, 2.45) is 4.99 Å². The first kappa shape index (κ1) is 21.1. The van der Waals surface area contributed by atoms with E-state index in [-0.39, 0.29) is 16.7 Å². The van der Waals surface area contributed by atoms with Gasteiger partial charge in [0.1, 0.15) is 10.0 Å². The number of sulfonamides is 1. The highest BCUT2D eigenvalue weighted by Crippen LogP contribution is 2.25. The average molecular weight is 429 g/mol. The van der Waals surface area contributed by atoms with Crippen LogP contribution in [0.1, 0.15) is 11.1 Å². The van der Waals surface area contributed by atoms with Crippen LogP contribution >= 0.6 is 11.6 Å². The SMILES string of the molecule is CN(C)CNS(=O)(=O)c1cc(N=C(c2ccccc2)c2ccccc2)cnc1Cl. The van der Waals surface area contributed by atoms with Crippen molar-refractivity contribution < 1.29 is 8.42 Å². The summed E-state index contributed by atoms with van der Waals surface area (Å²) in [6.45, 7) is 0.144. The van der Waals surface area contributed by atoms with Gasteiger partial charge in [0.2, 0.25) is 10.0 Å². The fraction of sp³-hybridized carbons (Fsp3) is 0.143. The second kappa shape index (κ2) is 9.28. The number of nitrogens with zero attached hydrogens (tertiary/aromatic N) is 3. The van der Waals surface area contributed by atoms with Crippen molar-refractivity contribution >= 4 is 33.0 Å². The van der Waals surface area contributed by atoms with Gasteiger partial charge >= 0.3 is 0 Å². The van der Waals surface area contributed by atoms with Crippen LogP contribution in [-0.4, -0.2) is 44.8 Å². The van der Waals surface area contributed by atoms with Crippen LogP contribution in [0, 0.1) is 0 Å². The minimum Gasteiger partial charge on any atom is -0.296 e. The van der Waals surface area contributed by atoms with Crippen molar-refractivity contribution in [1.29, 1.82) is 0 Å². The lowest BCUT2D eigenvalue weighted by molar-refractivity contribution is 0.399. The van der Waals surface area contributed by atoms with Crippen LogP contribution in [0.5, 0.6) is 0 Å². The molecule has 0 saturated carbocycles. The molecular weight excluding hydrogens is 408 g/mol. The number of nitrogens with one attached hydrogen (secondary N) is 1. The number of rotatable bonds is 7. The lowest BCUT2D eigenvalue weighted by atomic mass is 10.0. The molecule has 0 aliphatic rings. The maximum Gasteiger partial charge on any atom is 0.244 e. The Morgan fingerprint density at radius 2 is 1.59 bits per heavy atom. The molecule has 2 aromatic carbocycles. The van der Waals surface area contributed by atoms with Crippen molar-refractivity contribution in [3.63, 3.8) is 0 Å². The van der Waals surface area contributed by atoms with E-state index in [1.807, 2.05) is 60.7 Å². The summed E-state index contributed by atoms with van der Waals surface area (Å²) in [5.41, 5.74) is 2.91. The Kier molecular flexibility index (Phi) is 6.76. The van der Waals surface area contributed by atoms with Gasteiger partial charge in [0, 0.05) is 11.1 Å². The third-order valence-electron chi connectivity index (χ3n) is 3.99. The Bertz CT molecular complexity index is 1060. The van der Waals surface area contributed by atoms with E-state index < -0.39 is 10.0 Å². The van der Waals surface area contributed by atoms with E-state index in [1.165, 1.54) is 12.3 Å². The van der Waals surface area contributed by atoms with Gasteiger partial charge in [-0.15, -0.1) is 0 Å². The number of pyridine rings is 1. The normalized spacial score (nSPS) is 11.4. The van der Waals surface area contributed by atoms with Crippen LogP contribution in [-0.2, 0) is 10.0 Å². The first-order valence-electron chi connectivity index (χ1n) is 8.86. The topological polar surface area (TPSA) is 74.7 Å². The predicted molar refractivity (Wildman–Crippen MR) is 116 cm³/mol. The molecule has 0 unspecified atom stereocenters. The van der Waals surface area contributed by atoms with Gasteiger partial charge in [-0.25, -0.2) is 18.4 Å². The molecule has 0 saturated heterocycles. The molecule has 0 fully saturated rings. The number of hydrogen-bond donors (Lipinski definition) is 1. The van der Waals surface area contributed by atoms with Crippen LogP contribution in [0.2, 0.25) is 5.15 Å². The molecule has 6 nitrogen and oxygen atoms in total. The van der Waals surface area contributed by atoms with Gasteiger partial charge in [-0.3, -0.25) is 4.90 Å². The predicted octanol–water partition coefficient (Wildman–Crippen LogP) is 3.70. The highest BCUT2D eigenvalue weighted by molar-refractivity contribution is 7.89.